The predicted octanol–water partition coefficient (Wildman–Crippen LogP) is 1.71. The van der Waals surface area contributed by atoms with Gasteiger partial charge in [0.15, 0.2) is 23.1 Å². The monoisotopic (exact) mass is 356 g/mol. The van der Waals surface area contributed by atoms with Crippen LogP contribution < -0.4 is 4.57 Å². The Balaban J connectivity index is 1.46. The van der Waals surface area contributed by atoms with Gasteiger partial charge in [0.25, 0.3) is 5.65 Å². The largest absolute Gasteiger partial charge is 0.443 e. The van der Waals surface area contributed by atoms with Crippen molar-refractivity contribution in [2.45, 2.75) is 0 Å². The van der Waals surface area contributed by atoms with Gasteiger partial charge in [-0.1, -0.05) is 0 Å². The van der Waals surface area contributed by atoms with Crippen LogP contribution in [-0.2, 0) is 0 Å². The number of aromatic amines is 2. The predicted molar refractivity (Wildman–Crippen MR) is 93.7 cm³/mol. The molecule has 0 aliphatic carbocycles. The van der Waals surface area contributed by atoms with Crippen molar-refractivity contribution in [3.63, 3.8) is 0 Å². The smallest absolute Gasteiger partial charge is 0.403 e. The first kappa shape index (κ1) is 14.0. The highest BCUT2D eigenvalue weighted by molar-refractivity contribution is 5.80. The first-order chi connectivity index (χ1) is 13.3. The van der Waals surface area contributed by atoms with Crippen LogP contribution in [0.15, 0.2) is 54.1 Å². The lowest BCUT2D eigenvalue weighted by Crippen LogP contribution is -2.30. The minimum absolute atomic E-state index is 0.609. The standard InChI is InChI=1S/C17H10N9O/c1-2-26(6-12-13(1)27-8-21-12)17-23-10-3-9(4-19-15(10)25-17)14-22-11-5-18-7-20-16(11)24-14/h1-8H,(H,19,23,25)(H,18,20,22,24)/q+1. The average Bonchev–Trinajstić information content (AvgIpc) is 3.42. The quantitative estimate of drug-likeness (QED) is 0.452. The molecule has 0 unspecified atom stereocenters. The number of aromatic nitrogens is 9. The molecule has 6 rings (SSSR count). The molecule has 0 fully saturated rings. The zero-order chi connectivity index (χ0) is 17.8. The molecule has 0 aliphatic rings. The Kier molecular flexibility index (Phi) is 2.67. The third kappa shape index (κ3) is 2.16. The van der Waals surface area contributed by atoms with E-state index in [1.165, 1.54) is 12.7 Å². The van der Waals surface area contributed by atoms with Crippen molar-refractivity contribution in [1.29, 1.82) is 0 Å². The van der Waals surface area contributed by atoms with Crippen molar-refractivity contribution in [2.75, 3.05) is 0 Å². The Hall–Kier alpha value is -4.21. The third-order valence-corrected chi connectivity index (χ3v) is 4.28. The summed E-state index contributed by atoms with van der Waals surface area (Å²) in [5, 5.41) is 0. The Morgan fingerprint density at radius 3 is 2.89 bits per heavy atom. The molecule has 0 radical (unpaired) electrons. The van der Waals surface area contributed by atoms with Crippen LogP contribution in [0.25, 0.3) is 50.8 Å². The summed E-state index contributed by atoms with van der Waals surface area (Å²) in [5.74, 6) is 1.31. The molecule has 0 saturated carbocycles. The van der Waals surface area contributed by atoms with Gasteiger partial charge in [-0.3, -0.25) is 0 Å². The maximum absolute atomic E-state index is 5.27. The van der Waals surface area contributed by atoms with Crippen molar-refractivity contribution in [1.82, 2.24) is 39.9 Å². The molecular formula is C17H10N9O+. The van der Waals surface area contributed by atoms with Crippen LogP contribution in [-0.4, -0.2) is 39.9 Å². The highest BCUT2D eigenvalue weighted by Gasteiger charge is 2.17. The summed E-state index contributed by atoms with van der Waals surface area (Å²) in [7, 11) is 0. The normalized spacial score (nSPS) is 11.7. The maximum Gasteiger partial charge on any atom is 0.403 e. The second-order valence-electron chi connectivity index (χ2n) is 5.95. The Bertz CT molecular complexity index is 1410. The average molecular weight is 356 g/mol. The topological polar surface area (TPSA) is 126 Å². The summed E-state index contributed by atoms with van der Waals surface area (Å²) >= 11 is 0. The lowest BCUT2D eigenvalue weighted by Gasteiger charge is -1.93. The van der Waals surface area contributed by atoms with Gasteiger partial charge in [0.1, 0.15) is 29.4 Å². The zero-order valence-electron chi connectivity index (χ0n) is 13.7. The molecule has 128 valence electrons. The first-order valence-electron chi connectivity index (χ1n) is 8.10. The van der Waals surface area contributed by atoms with Gasteiger partial charge >= 0.3 is 5.95 Å². The molecule has 27 heavy (non-hydrogen) atoms. The number of pyridine rings is 2. The highest BCUT2D eigenvalue weighted by atomic mass is 16.3. The van der Waals surface area contributed by atoms with Crippen molar-refractivity contribution < 1.29 is 8.98 Å². The van der Waals surface area contributed by atoms with Crippen molar-refractivity contribution in [3.8, 4) is 17.3 Å². The lowest BCUT2D eigenvalue weighted by molar-refractivity contribution is -0.601. The minimum atomic E-state index is 0.609. The Labute approximate surface area is 150 Å². The third-order valence-electron chi connectivity index (χ3n) is 4.28. The van der Waals surface area contributed by atoms with Crippen LogP contribution >= 0.6 is 0 Å². The van der Waals surface area contributed by atoms with Crippen LogP contribution in [0.1, 0.15) is 0 Å². The fourth-order valence-electron chi connectivity index (χ4n) is 2.98. The number of imidazole rings is 2. The van der Waals surface area contributed by atoms with E-state index in [0.717, 1.165) is 27.7 Å². The van der Waals surface area contributed by atoms with Gasteiger partial charge < -0.3 is 9.40 Å². The summed E-state index contributed by atoms with van der Waals surface area (Å²) in [6, 6.07) is 3.78. The molecule has 0 amide bonds. The van der Waals surface area contributed by atoms with E-state index in [1.807, 2.05) is 29.1 Å². The number of hydrogen-bond donors (Lipinski definition) is 2. The van der Waals surface area contributed by atoms with Gasteiger partial charge in [-0.25, -0.2) is 34.5 Å². The molecule has 10 heteroatoms. The molecule has 0 aromatic carbocycles. The summed E-state index contributed by atoms with van der Waals surface area (Å²) in [5.41, 5.74) is 5.08. The second kappa shape index (κ2) is 5.14. The number of hydrogen-bond acceptors (Lipinski definition) is 7. The SMILES string of the molecule is c1ncc2[nH]c(-c3cnc4nc(-[n+]5ccc6ocnc6c5)[nH]c4c3)nc2n1. The van der Waals surface area contributed by atoms with Crippen LogP contribution in [0.4, 0.5) is 0 Å². The number of H-pyrrole nitrogens is 2. The fourth-order valence-corrected chi connectivity index (χ4v) is 2.98. The van der Waals surface area contributed by atoms with Gasteiger partial charge in [-0.15, -0.1) is 0 Å². The molecule has 6 heterocycles. The van der Waals surface area contributed by atoms with E-state index >= 15 is 0 Å². The van der Waals surface area contributed by atoms with E-state index in [2.05, 4.69) is 39.9 Å². The van der Waals surface area contributed by atoms with Crippen LogP contribution in [0, 0.1) is 0 Å². The Morgan fingerprint density at radius 2 is 1.93 bits per heavy atom. The maximum atomic E-state index is 5.27. The van der Waals surface area contributed by atoms with Crippen LogP contribution in [0.5, 0.6) is 0 Å². The summed E-state index contributed by atoms with van der Waals surface area (Å²) in [6.45, 7) is 0. The molecule has 6 aromatic rings. The van der Waals surface area contributed by atoms with Gasteiger partial charge in [0.05, 0.1) is 12.4 Å². The van der Waals surface area contributed by atoms with Crippen LogP contribution in [0.2, 0.25) is 0 Å². The van der Waals surface area contributed by atoms with E-state index in [9.17, 15) is 0 Å². The number of nitrogens with one attached hydrogen (secondary N) is 2. The summed E-state index contributed by atoms with van der Waals surface area (Å²) < 4.78 is 7.11. The molecule has 10 nitrogen and oxygen atoms in total. The molecule has 0 bridgehead atoms. The van der Waals surface area contributed by atoms with E-state index in [0.29, 0.717) is 23.1 Å². The number of fused-ring (bicyclic) bond motifs is 3. The van der Waals surface area contributed by atoms with Crippen molar-refractivity contribution >= 4 is 33.4 Å². The summed E-state index contributed by atoms with van der Waals surface area (Å²) in [6.07, 6.45) is 10.00. The van der Waals surface area contributed by atoms with E-state index in [4.69, 9.17) is 4.42 Å². The fraction of sp³-hybridized carbons (Fsp3) is 0. The second-order valence-corrected chi connectivity index (χ2v) is 5.95. The number of rotatable bonds is 2. The first-order valence-corrected chi connectivity index (χ1v) is 8.10. The zero-order valence-corrected chi connectivity index (χ0v) is 13.7. The Morgan fingerprint density at radius 1 is 0.963 bits per heavy atom. The molecule has 0 atom stereocenters. The molecule has 0 saturated heterocycles. The van der Waals surface area contributed by atoms with E-state index in [1.54, 1.807) is 12.4 Å². The van der Waals surface area contributed by atoms with Gasteiger partial charge in [0.2, 0.25) is 0 Å². The molecule has 6 aromatic heterocycles. The van der Waals surface area contributed by atoms with Crippen molar-refractivity contribution in [3.05, 3.63) is 49.6 Å². The highest BCUT2D eigenvalue weighted by Crippen LogP contribution is 2.21. The van der Waals surface area contributed by atoms with Crippen LogP contribution in [0.3, 0.4) is 0 Å². The van der Waals surface area contributed by atoms with E-state index in [-0.39, 0.29) is 0 Å². The minimum Gasteiger partial charge on any atom is -0.443 e. The van der Waals surface area contributed by atoms with Gasteiger partial charge in [-0.05, 0) is 11.1 Å². The van der Waals surface area contributed by atoms with E-state index < -0.39 is 0 Å². The molecule has 0 aliphatic heterocycles. The molecular weight excluding hydrogens is 346 g/mol. The lowest BCUT2D eigenvalue weighted by atomic mass is 10.2. The molecule has 2 N–H and O–H groups in total. The number of nitrogens with zero attached hydrogens (tertiary/aromatic N) is 7. The number of oxazole rings is 1. The summed E-state index contributed by atoms with van der Waals surface area (Å²) in [4.78, 5) is 32.2. The van der Waals surface area contributed by atoms with Gasteiger partial charge in [-0.2, -0.15) is 0 Å². The van der Waals surface area contributed by atoms with Gasteiger partial charge in [0, 0.05) is 17.8 Å². The van der Waals surface area contributed by atoms with Crippen molar-refractivity contribution in [2.24, 2.45) is 0 Å². The molecule has 0 spiro atoms.